The van der Waals surface area contributed by atoms with Crippen LogP contribution in [0.4, 0.5) is 0 Å². The highest BCUT2D eigenvalue weighted by Crippen LogP contribution is 2.09. The van der Waals surface area contributed by atoms with Crippen molar-refractivity contribution in [1.82, 2.24) is 10.6 Å². The Morgan fingerprint density at radius 2 is 2.47 bits per heavy atom. The van der Waals surface area contributed by atoms with E-state index in [0.717, 1.165) is 25.9 Å². The number of rotatable bonds is 5. The molecule has 15 heavy (non-hydrogen) atoms. The predicted octanol–water partition coefficient (Wildman–Crippen LogP) is 0.527. The Labute approximate surface area is 91.8 Å². The number of piperidine rings is 1. The van der Waals surface area contributed by atoms with Gasteiger partial charge in [-0.2, -0.15) is 0 Å². The normalized spacial score (nSPS) is 23.5. The first kappa shape index (κ1) is 12.5. The highest BCUT2D eigenvalue weighted by molar-refractivity contribution is 5.78. The summed E-state index contributed by atoms with van der Waals surface area (Å²) in [4.78, 5) is 11.7. The summed E-state index contributed by atoms with van der Waals surface area (Å²) in [6.07, 6.45) is 2.21. The van der Waals surface area contributed by atoms with Crippen molar-refractivity contribution in [2.45, 2.75) is 32.8 Å². The van der Waals surface area contributed by atoms with Crippen molar-refractivity contribution in [1.29, 1.82) is 0 Å². The van der Waals surface area contributed by atoms with E-state index in [4.69, 9.17) is 4.74 Å². The lowest BCUT2D eigenvalue weighted by atomic mass is 9.99. The minimum atomic E-state index is 0.107. The van der Waals surface area contributed by atoms with Gasteiger partial charge in [0.2, 0.25) is 5.91 Å². The van der Waals surface area contributed by atoms with E-state index in [1.807, 2.05) is 13.8 Å². The minimum absolute atomic E-state index is 0.107. The largest absolute Gasteiger partial charge is 0.377 e. The van der Waals surface area contributed by atoms with Crippen LogP contribution >= 0.6 is 0 Å². The van der Waals surface area contributed by atoms with E-state index in [9.17, 15) is 4.79 Å². The van der Waals surface area contributed by atoms with E-state index in [0.29, 0.717) is 13.2 Å². The molecule has 2 N–H and O–H groups in total. The third-order valence-corrected chi connectivity index (χ3v) is 2.68. The zero-order chi connectivity index (χ0) is 11.1. The van der Waals surface area contributed by atoms with Crippen LogP contribution in [0.1, 0.15) is 26.7 Å². The lowest BCUT2D eigenvalue weighted by Crippen LogP contribution is -2.42. The summed E-state index contributed by atoms with van der Waals surface area (Å²) in [6.45, 7) is 7.10. The molecule has 0 aromatic carbocycles. The van der Waals surface area contributed by atoms with Gasteiger partial charge < -0.3 is 15.4 Å². The zero-order valence-corrected chi connectivity index (χ0v) is 9.71. The highest BCUT2D eigenvalue weighted by atomic mass is 16.5. The summed E-state index contributed by atoms with van der Waals surface area (Å²) < 4.78 is 5.35. The molecule has 1 heterocycles. The van der Waals surface area contributed by atoms with Crippen molar-refractivity contribution in [2.24, 2.45) is 5.92 Å². The van der Waals surface area contributed by atoms with Crippen molar-refractivity contribution in [3.63, 3.8) is 0 Å². The fourth-order valence-corrected chi connectivity index (χ4v) is 1.81. The van der Waals surface area contributed by atoms with Gasteiger partial charge in [0.15, 0.2) is 0 Å². The van der Waals surface area contributed by atoms with E-state index in [2.05, 4.69) is 10.6 Å². The van der Waals surface area contributed by atoms with E-state index in [1.54, 1.807) is 0 Å². The maximum Gasteiger partial charge on any atom is 0.224 e. The zero-order valence-electron chi connectivity index (χ0n) is 9.71. The topological polar surface area (TPSA) is 50.4 Å². The predicted molar refractivity (Wildman–Crippen MR) is 59.7 cm³/mol. The second-order valence-corrected chi connectivity index (χ2v) is 4.05. The molecule has 0 aliphatic carbocycles. The maximum atomic E-state index is 11.7. The van der Waals surface area contributed by atoms with E-state index in [-0.39, 0.29) is 17.9 Å². The molecule has 1 aliphatic rings. The summed E-state index contributed by atoms with van der Waals surface area (Å²) in [5.41, 5.74) is 0. The van der Waals surface area contributed by atoms with Crippen molar-refractivity contribution >= 4 is 5.91 Å². The number of ether oxygens (including phenoxy) is 1. The van der Waals surface area contributed by atoms with Crippen molar-refractivity contribution < 1.29 is 9.53 Å². The van der Waals surface area contributed by atoms with Crippen LogP contribution in [0, 0.1) is 5.92 Å². The van der Waals surface area contributed by atoms with Gasteiger partial charge in [-0.1, -0.05) is 0 Å². The second-order valence-electron chi connectivity index (χ2n) is 4.05. The molecule has 1 unspecified atom stereocenters. The smallest absolute Gasteiger partial charge is 0.224 e. The first-order chi connectivity index (χ1) is 7.24. The lowest BCUT2D eigenvalue weighted by Gasteiger charge is -2.22. The molecule has 4 nitrogen and oxygen atoms in total. The van der Waals surface area contributed by atoms with Crippen LogP contribution in [0.3, 0.4) is 0 Å². The summed E-state index contributed by atoms with van der Waals surface area (Å²) >= 11 is 0. The van der Waals surface area contributed by atoms with Crippen LogP contribution in [0.15, 0.2) is 0 Å². The van der Waals surface area contributed by atoms with Gasteiger partial charge in [-0.25, -0.2) is 0 Å². The van der Waals surface area contributed by atoms with Crippen LogP contribution in [-0.4, -0.2) is 38.3 Å². The molecule has 1 aliphatic heterocycles. The molecule has 0 bridgehead atoms. The van der Waals surface area contributed by atoms with E-state index >= 15 is 0 Å². The van der Waals surface area contributed by atoms with E-state index in [1.165, 1.54) is 0 Å². The van der Waals surface area contributed by atoms with Crippen molar-refractivity contribution in [3.8, 4) is 0 Å². The van der Waals surface area contributed by atoms with Crippen LogP contribution in [0.2, 0.25) is 0 Å². The molecule has 1 saturated heterocycles. The van der Waals surface area contributed by atoms with E-state index < -0.39 is 0 Å². The number of hydrogen-bond acceptors (Lipinski definition) is 3. The third-order valence-electron chi connectivity index (χ3n) is 2.68. The Morgan fingerprint density at radius 1 is 1.67 bits per heavy atom. The van der Waals surface area contributed by atoms with Crippen LogP contribution in [0.5, 0.6) is 0 Å². The average molecular weight is 214 g/mol. The number of amides is 1. The molecule has 0 aromatic rings. The highest BCUT2D eigenvalue weighted by Gasteiger charge is 2.20. The van der Waals surface area contributed by atoms with Gasteiger partial charge in [-0.15, -0.1) is 0 Å². The van der Waals surface area contributed by atoms with Gasteiger partial charge in [-0.3, -0.25) is 4.79 Å². The van der Waals surface area contributed by atoms with Crippen LogP contribution in [-0.2, 0) is 9.53 Å². The summed E-state index contributed by atoms with van der Waals surface area (Å²) in [5.74, 6) is 0.307. The van der Waals surface area contributed by atoms with Crippen molar-refractivity contribution in [2.75, 3.05) is 26.2 Å². The molecule has 0 radical (unpaired) electrons. The molecule has 0 aromatic heterocycles. The molecular weight excluding hydrogens is 192 g/mol. The minimum Gasteiger partial charge on any atom is -0.377 e. The molecule has 0 spiro atoms. The molecule has 1 fully saturated rings. The monoisotopic (exact) mass is 214 g/mol. The first-order valence-corrected chi connectivity index (χ1v) is 5.84. The molecule has 1 amide bonds. The van der Waals surface area contributed by atoms with Gasteiger partial charge in [-0.05, 0) is 33.2 Å². The number of carbonyl (C=O) groups is 1. The standard InChI is InChI=1S/C11H22N2O2/c1-3-15-9(2)7-13-11(14)10-5-4-6-12-8-10/h9-10,12H,3-8H2,1-2H3,(H,13,14)/t9?,10-/m1/s1. The summed E-state index contributed by atoms with van der Waals surface area (Å²) in [5, 5.41) is 6.17. The maximum absolute atomic E-state index is 11.7. The fourth-order valence-electron chi connectivity index (χ4n) is 1.81. The van der Waals surface area contributed by atoms with Crippen LogP contribution in [0.25, 0.3) is 0 Å². The Bertz CT molecular complexity index is 191. The van der Waals surface area contributed by atoms with Crippen LogP contribution < -0.4 is 10.6 Å². The summed E-state index contributed by atoms with van der Waals surface area (Å²) in [7, 11) is 0. The molecule has 0 saturated carbocycles. The van der Waals surface area contributed by atoms with Crippen molar-refractivity contribution in [3.05, 3.63) is 0 Å². The quantitative estimate of drug-likeness (QED) is 0.702. The second kappa shape index (κ2) is 6.80. The average Bonchev–Trinajstić information content (AvgIpc) is 2.27. The summed E-state index contributed by atoms with van der Waals surface area (Å²) in [6, 6.07) is 0. The number of carbonyl (C=O) groups excluding carboxylic acids is 1. The third kappa shape index (κ3) is 4.62. The molecule has 2 atom stereocenters. The molecule has 88 valence electrons. The number of nitrogens with one attached hydrogen (secondary N) is 2. The molecular formula is C11H22N2O2. The van der Waals surface area contributed by atoms with Gasteiger partial charge in [0, 0.05) is 19.7 Å². The Kier molecular flexibility index (Phi) is 5.65. The lowest BCUT2D eigenvalue weighted by molar-refractivity contribution is -0.126. The Morgan fingerprint density at radius 3 is 3.07 bits per heavy atom. The Hall–Kier alpha value is -0.610. The Balaban J connectivity index is 2.16. The fraction of sp³-hybridized carbons (Fsp3) is 0.909. The van der Waals surface area contributed by atoms with Gasteiger partial charge in [0.05, 0.1) is 12.0 Å². The number of hydrogen-bond donors (Lipinski definition) is 2. The SMILES string of the molecule is CCOC(C)CNC(=O)[C@@H]1CCCNC1. The van der Waals surface area contributed by atoms with Gasteiger partial charge >= 0.3 is 0 Å². The molecule has 1 rings (SSSR count). The van der Waals surface area contributed by atoms with Gasteiger partial charge in [0.1, 0.15) is 0 Å². The molecule has 4 heteroatoms. The first-order valence-electron chi connectivity index (χ1n) is 5.84. The van der Waals surface area contributed by atoms with Gasteiger partial charge in [0.25, 0.3) is 0 Å².